The molecule has 1 aromatic carbocycles. The lowest BCUT2D eigenvalue weighted by atomic mass is 9.66. The van der Waals surface area contributed by atoms with Crippen molar-refractivity contribution < 1.29 is 14.8 Å². The second-order valence-electron chi connectivity index (χ2n) is 6.21. The van der Waals surface area contributed by atoms with E-state index in [9.17, 15) is 9.59 Å². The minimum Gasteiger partial charge on any atom is -0.345 e. The number of amides is 2. The molecule has 1 aliphatic carbocycles. The number of carbonyl (C=O) groups is 2. The third kappa shape index (κ3) is 2.31. The molecular weight excluding hydrogens is 268 g/mol. The largest absolute Gasteiger partial charge is 0.345 e. The number of carbonyl (C=O) groups excluding carboxylic acids is 2. The average molecular weight is 288 g/mol. The number of piperidine rings is 1. The van der Waals surface area contributed by atoms with Crippen LogP contribution in [0, 0.1) is 5.41 Å². The number of benzene rings is 1. The molecule has 3 rings (SSSR count). The Labute approximate surface area is 123 Å². The van der Waals surface area contributed by atoms with Crippen molar-refractivity contribution in [3.8, 4) is 0 Å². The lowest BCUT2D eigenvalue weighted by Gasteiger charge is -2.43. The van der Waals surface area contributed by atoms with Gasteiger partial charge in [0.15, 0.2) is 0 Å². The minimum absolute atomic E-state index is 0.249. The van der Waals surface area contributed by atoms with E-state index in [1.807, 2.05) is 24.1 Å². The SMILES string of the molecule is CN1CCC[C@@]2(CCc3cc(C(=O)NO)ccc3C2)C1=O. The lowest BCUT2D eigenvalue weighted by Crippen LogP contribution is -2.49. The van der Waals surface area contributed by atoms with Crippen molar-refractivity contribution >= 4 is 11.8 Å². The molecule has 5 heteroatoms. The summed E-state index contributed by atoms with van der Waals surface area (Å²) in [6, 6.07) is 5.45. The van der Waals surface area contributed by atoms with E-state index >= 15 is 0 Å². The Balaban J connectivity index is 1.89. The number of nitrogens with one attached hydrogen (secondary N) is 1. The maximum atomic E-state index is 12.6. The molecule has 1 aromatic rings. The van der Waals surface area contributed by atoms with Crippen molar-refractivity contribution in [2.45, 2.75) is 32.1 Å². The normalized spacial score (nSPS) is 24.9. The number of likely N-dealkylation sites (tertiary alicyclic amines) is 1. The molecule has 1 fully saturated rings. The Hall–Kier alpha value is -1.88. The zero-order valence-corrected chi connectivity index (χ0v) is 12.2. The van der Waals surface area contributed by atoms with Crippen molar-refractivity contribution in [3.05, 3.63) is 34.9 Å². The van der Waals surface area contributed by atoms with Crippen LogP contribution >= 0.6 is 0 Å². The highest BCUT2D eigenvalue weighted by Crippen LogP contribution is 2.42. The molecule has 2 aliphatic rings. The number of hydrogen-bond donors (Lipinski definition) is 2. The van der Waals surface area contributed by atoms with Crippen molar-refractivity contribution in [1.29, 1.82) is 0 Å². The third-order valence-corrected chi connectivity index (χ3v) is 4.92. The fraction of sp³-hybridized carbons (Fsp3) is 0.500. The van der Waals surface area contributed by atoms with Crippen LogP contribution in [-0.2, 0) is 17.6 Å². The van der Waals surface area contributed by atoms with Crippen LogP contribution in [0.4, 0.5) is 0 Å². The van der Waals surface area contributed by atoms with Crippen LogP contribution in [0.2, 0.25) is 0 Å². The summed E-state index contributed by atoms with van der Waals surface area (Å²) in [5.41, 5.74) is 4.13. The summed E-state index contributed by atoms with van der Waals surface area (Å²) < 4.78 is 0. The van der Waals surface area contributed by atoms with E-state index < -0.39 is 5.91 Å². The highest BCUT2D eigenvalue weighted by molar-refractivity contribution is 5.93. The van der Waals surface area contributed by atoms with Gasteiger partial charge in [-0.2, -0.15) is 0 Å². The number of nitrogens with zero attached hydrogens (tertiary/aromatic N) is 1. The maximum Gasteiger partial charge on any atom is 0.274 e. The van der Waals surface area contributed by atoms with Gasteiger partial charge in [0.1, 0.15) is 0 Å². The summed E-state index contributed by atoms with van der Waals surface area (Å²) in [7, 11) is 1.88. The summed E-state index contributed by atoms with van der Waals surface area (Å²) in [5.74, 6) is -0.233. The minimum atomic E-state index is -0.494. The number of fused-ring (bicyclic) bond motifs is 1. The van der Waals surface area contributed by atoms with E-state index in [1.165, 1.54) is 0 Å². The first kappa shape index (κ1) is 14.1. The van der Waals surface area contributed by atoms with Gasteiger partial charge in [0, 0.05) is 19.2 Å². The second-order valence-corrected chi connectivity index (χ2v) is 6.21. The highest BCUT2D eigenvalue weighted by Gasteiger charge is 2.44. The smallest absolute Gasteiger partial charge is 0.274 e. The van der Waals surface area contributed by atoms with Crippen molar-refractivity contribution in [2.24, 2.45) is 5.41 Å². The number of hydroxylamine groups is 1. The van der Waals surface area contributed by atoms with Crippen LogP contribution in [0.1, 0.15) is 40.7 Å². The predicted octanol–water partition coefficient (Wildman–Crippen LogP) is 1.53. The molecule has 5 nitrogen and oxygen atoms in total. The molecule has 1 spiro atoms. The second kappa shape index (κ2) is 5.15. The van der Waals surface area contributed by atoms with Crippen molar-refractivity contribution in [3.63, 3.8) is 0 Å². The van der Waals surface area contributed by atoms with E-state index in [4.69, 9.17) is 5.21 Å². The summed E-state index contributed by atoms with van der Waals surface area (Å²) in [5, 5.41) is 8.71. The molecule has 0 radical (unpaired) electrons. The van der Waals surface area contributed by atoms with Gasteiger partial charge in [-0.15, -0.1) is 0 Å². The lowest BCUT2D eigenvalue weighted by molar-refractivity contribution is -0.145. The van der Waals surface area contributed by atoms with Crippen LogP contribution in [-0.4, -0.2) is 35.5 Å². The summed E-state index contributed by atoms with van der Waals surface area (Å²) in [6.45, 7) is 0.850. The Morgan fingerprint density at radius 1 is 1.33 bits per heavy atom. The molecule has 2 amide bonds. The molecule has 1 atom stereocenters. The predicted molar refractivity (Wildman–Crippen MR) is 77.0 cm³/mol. The van der Waals surface area contributed by atoms with Crippen LogP contribution < -0.4 is 5.48 Å². The first-order chi connectivity index (χ1) is 10.1. The molecule has 0 unspecified atom stereocenters. The summed E-state index contributed by atoms with van der Waals surface area (Å²) in [4.78, 5) is 25.9. The van der Waals surface area contributed by atoms with Crippen molar-refractivity contribution in [1.82, 2.24) is 10.4 Å². The van der Waals surface area contributed by atoms with Gasteiger partial charge in [0.05, 0.1) is 5.41 Å². The Morgan fingerprint density at radius 2 is 2.14 bits per heavy atom. The quantitative estimate of drug-likeness (QED) is 0.608. The average Bonchev–Trinajstić information content (AvgIpc) is 2.51. The monoisotopic (exact) mass is 288 g/mol. The first-order valence-electron chi connectivity index (χ1n) is 7.37. The van der Waals surface area contributed by atoms with Crippen LogP contribution in [0.3, 0.4) is 0 Å². The first-order valence-corrected chi connectivity index (χ1v) is 7.37. The molecular formula is C16H20N2O3. The maximum absolute atomic E-state index is 12.6. The molecule has 1 heterocycles. The number of rotatable bonds is 1. The zero-order valence-electron chi connectivity index (χ0n) is 12.2. The van der Waals surface area contributed by atoms with Gasteiger partial charge >= 0.3 is 0 Å². The van der Waals surface area contributed by atoms with Crippen LogP contribution in [0.15, 0.2) is 18.2 Å². The fourth-order valence-corrected chi connectivity index (χ4v) is 3.73. The van der Waals surface area contributed by atoms with Gasteiger partial charge in [-0.3, -0.25) is 14.8 Å². The topological polar surface area (TPSA) is 69.6 Å². The molecule has 1 aliphatic heterocycles. The van der Waals surface area contributed by atoms with E-state index in [1.54, 1.807) is 11.5 Å². The van der Waals surface area contributed by atoms with Gasteiger partial charge < -0.3 is 4.90 Å². The molecule has 0 saturated carbocycles. The van der Waals surface area contributed by atoms with Gasteiger partial charge in [-0.05, 0) is 55.4 Å². The van der Waals surface area contributed by atoms with E-state index in [0.29, 0.717) is 5.56 Å². The zero-order chi connectivity index (χ0) is 15.0. The summed E-state index contributed by atoms with van der Waals surface area (Å²) in [6.07, 6.45) is 4.42. The molecule has 2 N–H and O–H groups in total. The highest BCUT2D eigenvalue weighted by atomic mass is 16.5. The standard InChI is InChI=1S/C16H20N2O3/c1-18-8-2-6-16(15(18)20)7-5-11-9-12(14(19)17-21)3-4-13(11)10-16/h3-4,9,21H,2,5-8,10H2,1H3,(H,17,19)/t16-/m0/s1. The molecule has 1 saturated heterocycles. The molecule has 112 valence electrons. The Bertz CT molecular complexity index is 599. The Morgan fingerprint density at radius 3 is 2.90 bits per heavy atom. The van der Waals surface area contributed by atoms with Crippen LogP contribution in [0.25, 0.3) is 0 Å². The Kier molecular flexibility index (Phi) is 3.45. The van der Waals surface area contributed by atoms with Gasteiger partial charge in [-0.1, -0.05) is 6.07 Å². The van der Waals surface area contributed by atoms with E-state index in [2.05, 4.69) is 0 Å². The fourth-order valence-electron chi connectivity index (χ4n) is 3.73. The molecule has 0 aromatic heterocycles. The van der Waals surface area contributed by atoms with Crippen LogP contribution in [0.5, 0.6) is 0 Å². The van der Waals surface area contributed by atoms with Gasteiger partial charge in [-0.25, -0.2) is 5.48 Å². The van der Waals surface area contributed by atoms with Gasteiger partial charge in [0.2, 0.25) is 5.91 Å². The van der Waals surface area contributed by atoms with Crippen molar-refractivity contribution in [2.75, 3.05) is 13.6 Å². The van der Waals surface area contributed by atoms with E-state index in [0.717, 1.165) is 49.8 Å². The molecule has 0 bridgehead atoms. The number of aryl methyl sites for hydroxylation is 1. The molecule has 21 heavy (non-hydrogen) atoms. The van der Waals surface area contributed by atoms with E-state index in [-0.39, 0.29) is 11.3 Å². The summed E-state index contributed by atoms with van der Waals surface area (Å²) >= 11 is 0. The van der Waals surface area contributed by atoms with Gasteiger partial charge in [0.25, 0.3) is 5.91 Å². The number of hydrogen-bond acceptors (Lipinski definition) is 3. The third-order valence-electron chi connectivity index (χ3n) is 4.92.